The minimum absolute atomic E-state index is 0.181. The van der Waals surface area contributed by atoms with Gasteiger partial charge in [-0.05, 0) is 84.9 Å². The van der Waals surface area contributed by atoms with Gasteiger partial charge in [-0.2, -0.15) is 0 Å². The number of hydrogen-bond acceptors (Lipinski definition) is 3. The Labute approximate surface area is 167 Å². The van der Waals surface area contributed by atoms with Crippen molar-refractivity contribution in [3.63, 3.8) is 0 Å². The van der Waals surface area contributed by atoms with Crippen LogP contribution in [0.15, 0.2) is 40.9 Å². The summed E-state index contributed by atoms with van der Waals surface area (Å²) in [4.78, 5) is 11.5. The van der Waals surface area contributed by atoms with E-state index in [-0.39, 0.29) is 6.04 Å². The predicted octanol–water partition coefficient (Wildman–Crippen LogP) is 5.45. The van der Waals surface area contributed by atoms with E-state index in [1.165, 1.54) is 30.4 Å². The van der Waals surface area contributed by atoms with Crippen molar-refractivity contribution in [2.24, 2.45) is 17.8 Å². The van der Waals surface area contributed by atoms with Gasteiger partial charge in [0.25, 0.3) is 0 Å². The van der Waals surface area contributed by atoms with Crippen LogP contribution in [0.3, 0.4) is 0 Å². The molecule has 2 N–H and O–H groups in total. The van der Waals surface area contributed by atoms with E-state index < -0.39 is 5.97 Å². The monoisotopic (exact) mass is 427 g/mol. The number of benzene rings is 2. The van der Waals surface area contributed by atoms with E-state index in [2.05, 4.69) is 27.3 Å². The molecule has 0 saturated heterocycles. The molecule has 2 fully saturated rings. The molecule has 2 bridgehead atoms. The number of carboxylic acid groups (broad SMARTS) is 1. The van der Waals surface area contributed by atoms with Crippen LogP contribution < -0.4 is 10.1 Å². The van der Waals surface area contributed by atoms with Crippen molar-refractivity contribution in [2.45, 2.75) is 31.2 Å². The summed E-state index contributed by atoms with van der Waals surface area (Å²) in [6.45, 7) is 0. The molecule has 27 heavy (non-hydrogen) atoms. The van der Waals surface area contributed by atoms with Crippen molar-refractivity contribution in [1.82, 2.24) is 0 Å². The second kappa shape index (κ2) is 6.26. The summed E-state index contributed by atoms with van der Waals surface area (Å²) in [6.07, 6.45) is 3.78. The van der Waals surface area contributed by atoms with E-state index in [1.807, 2.05) is 24.3 Å². The highest BCUT2D eigenvalue weighted by molar-refractivity contribution is 9.10. The molecule has 2 saturated carbocycles. The molecule has 0 radical (unpaired) electrons. The molecule has 3 aliphatic rings. The summed E-state index contributed by atoms with van der Waals surface area (Å²) in [5, 5.41) is 13.2. The Morgan fingerprint density at radius 2 is 1.96 bits per heavy atom. The smallest absolute Gasteiger partial charge is 0.335 e. The van der Waals surface area contributed by atoms with Gasteiger partial charge in [0.05, 0.1) is 18.7 Å². The third-order valence-electron chi connectivity index (χ3n) is 6.86. The van der Waals surface area contributed by atoms with Crippen LogP contribution in [0, 0.1) is 17.8 Å². The van der Waals surface area contributed by atoms with Gasteiger partial charge in [0.2, 0.25) is 0 Å². The first-order chi connectivity index (χ1) is 13.1. The van der Waals surface area contributed by atoms with Crippen LogP contribution in [-0.2, 0) is 0 Å². The zero-order valence-corrected chi connectivity index (χ0v) is 16.7. The van der Waals surface area contributed by atoms with Crippen molar-refractivity contribution in [1.29, 1.82) is 0 Å². The van der Waals surface area contributed by atoms with E-state index in [4.69, 9.17) is 4.74 Å². The highest BCUT2D eigenvalue weighted by Crippen LogP contribution is 2.64. The van der Waals surface area contributed by atoms with E-state index in [0.29, 0.717) is 29.2 Å². The van der Waals surface area contributed by atoms with Crippen molar-refractivity contribution in [3.05, 3.63) is 57.6 Å². The fraction of sp³-hybridized carbons (Fsp3) is 0.409. The lowest BCUT2D eigenvalue weighted by Crippen LogP contribution is -2.35. The number of ether oxygens (including phenoxy) is 1. The summed E-state index contributed by atoms with van der Waals surface area (Å²) in [5.74, 6) is 2.29. The highest BCUT2D eigenvalue weighted by Gasteiger charge is 2.54. The zero-order valence-electron chi connectivity index (χ0n) is 15.1. The maximum atomic E-state index is 11.5. The molecule has 140 valence electrons. The number of carbonyl (C=O) groups is 1. The molecule has 2 aliphatic carbocycles. The Balaban J connectivity index is 1.65. The number of nitrogens with one attached hydrogen (secondary N) is 1. The van der Waals surface area contributed by atoms with Crippen LogP contribution in [0.5, 0.6) is 5.75 Å². The van der Waals surface area contributed by atoms with Gasteiger partial charge in [0.15, 0.2) is 0 Å². The topological polar surface area (TPSA) is 58.6 Å². The minimum Gasteiger partial charge on any atom is -0.496 e. The number of methoxy groups -OCH3 is 1. The molecule has 1 heterocycles. The Morgan fingerprint density at radius 1 is 1.15 bits per heavy atom. The molecular weight excluding hydrogens is 406 g/mol. The third-order valence-corrected chi connectivity index (χ3v) is 7.35. The van der Waals surface area contributed by atoms with Gasteiger partial charge in [-0.3, -0.25) is 0 Å². The average molecular weight is 428 g/mol. The van der Waals surface area contributed by atoms with Gasteiger partial charge in [-0.15, -0.1) is 0 Å². The van der Waals surface area contributed by atoms with Gasteiger partial charge < -0.3 is 15.2 Å². The van der Waals surface area contributed by atoms with Crippen molar-refractivity contribution >= 4 is 27.6 Å². The average Bonchev–Trinajstić information content (AvgIpc) is 3.29. The summed E-state index contributed by atoms with van der Waals surface area (Å²) < 4.78 is 6.73. The maximum absolute atomic E-state index is 11.5. The fourth-order valence-electron chi connectivity index (χ4n) is 5.88. The third kappa shape index (κ3) is 2.59. The van der Waals surface area contributed by atoms with Gasteiger partial charge >= 0.3 is 5.97 Å². The number of rotatable bonds is 3. The largest absolute Gasteiger partial charge is 0.496 e. The molecule has 2 aromatic rings. The molecule has 2 aromatic carbocycles. The zero-order chi connectivity index (χ0) is 18.7. The first kappa shape index (κ1) is 17.1. The summed E-state index contributed by atoms with van der Waals surface area (Å²) in [7, 11) is 1.72. The standard InChI is InChI=1S/C22H22BrNO3/c1-27-18-7-5-14(23)10-16(18)21-20-12-3-2-11(8-12)19(20)15-9-13(22(25)26)4-6-17(15)24-21/h4-7,9-12,19-21,24H,2-3,8H2,1H3,(H,25,26)/t11-,12+,19+,20-,21-/m0/s1. The number of halogens is 1. The Hall–Kier alpha value is -2.01. The first-order valence-electron chi connectivity index (χ1n) is 9.54. The number of hydrogen-bond donors (Lipinski definition) is 2. The molecule has 0 amide bonds. The summed E-state index contributed by atoms with van der Waals surface area (Å²) in [5.41, 5.74) is 3.83. The number of aromatic carboxylic acids is 1. The lowest BCUT2D eigenvalue weighted by Gasteiger charge is -2.44. The summed E-state index contributed by atoms with van der Waals surface area (Å²) in [6, 6.07) is 11.9. The SMILES string of the molecule is COc1ccc(Br)cc1[C@@H]1Nc2ccc(C(=O)O)cc2[C@H]2[C@H]3CC[C@H](C3)[C@@H]21. The molecule has 5 heteroatoms. The highest BCUT2D eigenvalue weighted by atomic mass is 79.9. The van der Waals surface area contributed by atoms with E-state index in [9.17, 15) is 9.90 Å². The lowest BCUT2D eigenvalue weighted by molar-refractivity contribution is 0.0696. The molecular formula is C22H22BrNO3. The van der Waals surface area contributed by atoms with Crippen LogP contribution in [0.25, 0.3) is 0 Å². The fourth-order valence-corrected chi connectivity index (χ4v) is 6.26. The van der Waals surface area contributed by atoms with Crippen LogP contribution >= 0.6 is 15.9 Å². The molecule has 5 rings (SSSR count). The molecule has 4 nitrogen and oxygen atoms in total. The Kier molecular flexibility index (Phi) is 3.97. The van der Waals surface area contributed by atoms with Crippen LogP contribution in [0.1, 0.15) is 52.7 Å². The van der Waals surface area contributed by atoms with Crippen molar-refractivity contribution < 1.29 is 14.6 Å². The second-order valence-corrected chi connectivity index (χ2v) is 8.97. The van der Waals surface area contributed by atoms with Crippen molar-refractivity contribution in [3.8, 4) is 5.75 Å². The van der Waals surface area contributed by atoms with Crippen LogP contribution in [-0.4, -0.2) is 18.2 Å². The maximum Gasteiger partial charge on any atom is 0.335 e. The number of anilines is 1. The lowest BCUT2D eigenvalue weighted by atomic mass is 9.67. The molecule has 0 unspecified atom stereocenters. The molecule has 1 aliphatic heterocycles. The van der Waals surface area contributed by atoms with E-state index in [0.717, 1.165) is 15.9 Å². The van der Waals surface area contributed by atoms with E-state index in [1.54, 1.807) is 13.2 Å². The van der Waals surface area contributed by atoms with Crippen molar-refractivity contribution in [2.75, 3.05) is 12.4 Å². The van der Waals surface area contributed by atoms with Gasteiger partial charge in [-0.25, -0.2) is 4.79 Å². The Morgan fingerprint density at radius 3 is 2.74 bits per heavy atom. The second-order valence-electron chi connectivity index (χ2n) is 8.05. The Bertz CT molecular complexity index is 928. The van der Waals surface area contributed by atoms with Gasteiger partial charge in [-0.1, -0.05) is 15.9 Å². The number of carboxylic acids is 1. The summed E-state index contributed by atoms with van der Waals surface area (Å²) >= 11 is 3.61. The van der Waals surface area contributed by atoms with Crippen LogP contribution in [0.2, 0.25) is 0 Å². The molecule has 0 aromatic heterocycles. The number of fused-ring (bicyclic) bond motifs is 7. The van der Waals surface area contributed by atoms with Crippen LogP contribution in [0.4, 0.5) is 5.69 Å². The van der Waals surface area contributed by atoms with Gasteiger partial charge in [0.1, 0.15) is 5.75 Å². The molecule has 0 spiro atoms. The van der Waals surface area contributed by atoms with E-state index >= 15 is 0 Å². The van der Waals surface area contributed by atoms with Gasteiger partial charge in [0, 0.05) is 15.7 Å². The normalized spacial score (nSPS) is 30.4. The quantitative estimate of drug-likeness (QED) is 0.683. The predicted molar refractivity (Wildman–Crippen MR) is 108 cm³/mol. The first-order valence-corrected chi connectivity index (χ1v) is 10.3. The minimum atomic E-state index is -0.853. The molecule has 5 atom stereocenters.